The summed E-state index contributed by atoms with van der Waals surface area (Å²) in [6.45, 7) is 1.69. The number of rotatable bonds is 4. The van der Waals surface area contributed by atoms with Crippen molar-refractivity contribution in [3.63, 3.8) is 0 Å². The van der Waals surface area contributed by atoms with Crippen molar-refractivity contribution in [2.24, 2.45) is 0 Å². The molecule has 0 saturated heterocycles. The predicted molar refractivity (Wildman–Crippen MR) is 136 cm³/mol. The summed E-state index contributed by atoms with van der Waals surface area (Å²) in [6.07, 6.45) is 3.04. The number of aliphatic hydroxyl groups is 1. The number of benzene rings is 2. The Labute approximate surface area is 211 Å². The van der Waals surface area contributed by atoms with E-state index in [1.54, 1.807) is 66.1 Å². The first kappa shape index (κ1) is 22.9. The molecule has 0 unspecified atom stereocenters. The van der Waals surface area contributed by atoms with Gasteiger partial charge in [-0.3, -0.25) is 9.59 Å². The fraction of sp³-hybridized carbons (Fsp3) is 0.172. The Morgan fingerprint density at radius 1 is 1.16 bits per heavy atom. The molecule has 8 nitrogen and oxygen atoms in total. The average molecular weight is 495 g/mol. The van der Waals surface area contributed by atoms with Crippen LogP contribution in [0.1, 0.15) is 46.0 Å². The van der Waals surface area contributed by atoms with Gasteiger partial charge in [-0.15, -0.1) is 0 Å². The van der Waals surface area contributed by atoms with Crippen LogP contribution in [0.15, 0.2) is 65.5 Å². The monoisotopic (exact) mass is 494 g/mol. The Balaban J connectivity index is 1.43. The molecule has 8 heteroatoms. The summed E-state index contributed by atoms with van der Waals surface area (Å²) in [7, 11) is 0. The number of esters is 1. The molecule has 0 saturated carbocycles. The molecule has 0 bridgehead atoms. The zero-order valence-corrected chi connectivity index (χ0v) is 19.9. The maximum Gasteiger partial charge on any atom is 0.343 e. The van der Waals surface area contributed by atoms with E-state index in [0.29, 0.717) is 33.4 Å². The average Bonchev–Trinajstić information content (AvgIpc) is 3.28. The van der Waals surface area contributed by atoms with Crippen LogP contribution in [0.3, 0.4) is 0 Å². The number of hydrogen-bond acceptors (Lipinski definition) is 7. The number of carbonyl (C=O) groups excluding carboxylic acids is 2. The molecule has 37 heavy (non-hydrogen) atoms. The van der Waals surface area contributed by atoms with Gasteiger partial charge >= 0.3 is 5.97 Å². The van der Waals surface area contributed by atoms with Crippen molar-refractivity contribution < 1.29 is 24.5 Å². The zero-order chi connectivity index (χ0) is 25.9. The van der Waals surface area contributed by atoms with Crippen molar-refractivity contribution >= 4 is 28.7 Å². The number of ketones is 1. The second-order valence-electron chi connectivity index (χ2n) is 9.23. The molecule has 6 rings (SSSR count). The number of aromatic hydroxyl groups is 1. The number of pyridine rings is 2. The maximum absolute atomic E-state index is 13.3. The Kier molecular flexibility index (Phi) is 5.10. The highest BCUT2D eigenvalue weighted by molar-refractivity contribution is 6.07. The van der Waals surface area contributed by atoms with Gasteiger partial charge in [0.15, 0.2) is 11.4 Å². The normalized spacial score (nSPS) is 17.9. The van der Waals surface area contributed by atoms with Crippen molar-refractivity contribution in [1.82, 2.24) is 9.55 Å². The van der Waals surface area contributed by atoms with Gasteiger partial charge in [0.05, 0.1) is 29.0 Å². The first-order valence-corrected chi connectivity index (χ1v) is 11.9. The number of ether oxygens (including phenoxy) is 1. The van der Waals surface area contributed by atoms with Crippen molar-refractivity contribution in [3.8, 4) is 17.1 Å². The molecular weight excluding hydrogens is 472 g/mol. The first-order valence-electron chi connectivity index (χ1n) is 11.9. The highest BCUT2D eigenvalue weighted by atomic mass is 16.6. The Hall–Kier alpha value is -4.56. The lowest BCUT2D eigenvalue weighted by Gasteiger charge is -2.31. The van der Waals surface area contributed by atoms with Crippen LogP contribution >= 0.6 is 0 Å². The minimum atomic E-state index is -1.89. The standard InChI is InChI=1S/C29H22N2O6/c1-2-29(36)21-13-23-25-18(14-31(23)27(34)20(21)15-37-28(29)35)12-19-22(30-25)10-8-17(26(19)33)9-11-24(32)16-6-4-3-5-7-16/h3-13,33,36H,2,14-15H2,1H3/b11-9+/t29-/m0/s1. The van der Waals surface area contributed by atoms with Crippen LogP contribution < -0.4 is 5.56 Å². The lowest BCUT2D eigenvalue weighted by atomic mass is 9.86. The summed E-state index contributed by atoms with van der Waals surface area (Å²) in [5.41, 5.74) is 1.55. The lowest BCUT2D eigenvalue weighted by Crippen LogP contribution is -2.44. The molecule has 1 atom stereocenters. The third kappa shape index (κ3) is 3.41. The Morgan fingerprint density at radius 2 is 1.95 bits per heavy atom. The van der Waals surface area contributed by atoms with E-state index in [2.05, 4.69) is 0 Å². The van der Waals surface area contributed by atoms with Gasteiger partial charge in [0, 0.05) is 27.6 Å². The number of cyclic esters (lactones) is 1. The van der Waals surface area contributed by atoms with Gasteiger partial charge in [0.25, 0.3) is 5.56 Å². The van der Waals surface area contributed by atoms with Gasteiger partial charge in [0.1, 0.15) is 12.4 Å². The topological polar surface area (TPSA) is 119 Å². The van der Waals surface area contributed by atoms with Crippen molar-refractivity contribution in [3.05, 3.63) is 98.8 Å². The number of nitrogens with zero attached hydrogens (tertiary/aromatic N) is 2. The summed E-state index contributed by atoms with van der Waals surface area (Å²) in [4.78, 5) is 42.8. The summed E-state index contributed by atoms with van der Waals surface area (Å²) in [6, 6.07) is 15.7. The van der Waals surface area contributed by atoms with Crippen LogP contribution in [-0.2, 0) is 28.3 Å². The predicted octanol–water partition coefficient (Wildman–Crippen LogP) is 3.68. The van der Waals surface area contributed by atoms with Crippen LogP contribution in [0.2, 0.25) is 0 Å². The number of carbonyl (C=O) groups is 2. The smallest absolute Gasteiger partial charge is 0.343 e. The number of phenols is 1. The van der Waals surface area contributed by atoms with Crippen LogP contribution in [0.4, 0.5) is 0 Å². The van der Waals surface area contributed by atoms with Gasteiger partial charge in [-0.2, -0.15) is 0 Å². The van der Waals surface area contributed by atoms with E-state index in [1.165, 1.54) is 6.08 Å². The molecule has 0 radical (unpaired) electrons. The fourth-order valence-electron chi connectivity index (χ4n) is 5.05. The zero-order valence-electron chi connectivity index (χ0n) is 19.9. The number of phenolic OH excluding ortho intramolecular Hbond substituents is 1. The van der Waals surface area contributed by atoms with E-state index in [9.17, 15) is 24.6 Å². The molecule has 2 aliphatic rings. The maximum atomic E-state index is 13.3. The van der Waals surface area contributed by atoms with Gasteiger partial charge in [-0.1, -0.05) is 37.3 Å². The molecule has 184 valence electrons. The van der Waals surface area contributed by atoms with Gasteiger partial charge < -0.3 is 19.5 Å². The van der Waals surface area contributed by atoms with Crippen LogP contribution in [-0.4, -0.2) is 31.5 Å². The molecule has 0 aliphatic carbocycles. The van der Waals surface area contributed by atoms with Gasteiger partial charge in [-0.05, 0) is 42.8 Å². The minimum absolute atomic E-state index is 0.0214. The summed E-state index contributed by atoms with van der Waals surface area (Å²) in [5.74, 6) is -0.972. The van der Waals surface area contributed by atoms with E-state index in [1.807, 2.05) is 6.07 Å². The molecular formula is C29H22N2O6. The molecule has 2 N–H and O–H groups in total. The fourth-order valence-corrected chi connectivity index (χ4v) is 5.05. The van der Waals surface area contributed by atoms with Crippen LogP contribution in [0, 0.1) is 0 Å². The van der Waals surface area contributed by atoms with Crippen LogP contribution in [0.25, 0.3) is 28.4 Å². The second-order valence-corrected chi connectivity index (χ2v) is 9.23. The summed E-state index contributed by atoms with van der Waals surface area (Å²) >= 11 is 0. The first-order chi connectivity index (χ1) is 17.8. The number of fused-ring (bicyclic) bond motifs is 5. The largest absolute Gasteiger partial charge is 0.507 e. The molecule has 2 aliphatic heterocycles. The number of allylic oxidation sites excluding steroid dienone is 1. The van der Waals surface area contributed by atoms with Crippen molar-refractivity contribution in [2.45, 2.75) is 32.1 Å². The number of aromatic nitrogens is 2. The van der Waals surface area contributed by atoms with E-state index in [0.717, 1.165) is 5.56 Å². The third-order valence-corrected chi connectivity index (χ3v) is 7.17. The van der Waals surface area contributed by atoms with E-state index in [-0.39, 0.29) is 47.8 Å². The highest BCUT2D eigenvalue weighted by Gasteiger charge is 2.45. The summed E-state index contributed by atoms with van der Waals surface area (Å²) < 4.78 is 6.65. The minimum Gasteiger partial charge on any atom is -0.507 e. The molecule has 4 heterocycles. The van der Waals surface area contributed by atoms with Crippen molar-refractivity contribution in [2.75, 3.05) is 0 Å². The molecule has 2 aromatic carbocycles. The highest BCUT2D eigenvalue weighted by Crippen LogP contribution is 2.40. The SMILES string of the molecule is CC[C@@]1(O)C(=O)OCc2c1cc1n(c2=O)Cc2cc3c(O)c(/C=C/C(=O)c4ccccc4)ccc3nc2-1. The van der Waals surface area contributed by atoms with Crippen LogP contribution in [0.5, 0.6) is 5.75 Å². The molecule has 4 aromatic rings. The Morgan fingerprint density at radius 3 is 2.70 bits per heavy atom. The van der Waals surface area contributed by atoms with Gasteiger partial charge in [-0.25, -0.2) is 9.78 Å². The quantitative estimate of drug-likeness (QED) is 0.222. The second kappa shape index (κ2) is 8.25. The lowest BCUT2D eigenvalue weighted by molar-refractivity contribution is -0.172. The summed E-state index contributed by atoms with van der Waals surface area (Å²) in [5, 5.41) is 22.5. The molecule has 0 fully saturated rings. The van der Waals surface area contributed by atoms with Gasteiger partial charge in [0.2, 0.25) is 0 Å². The van der Waals surface area contributed by atoms with E-state index < -0.39 is 11.6 Å². The van der Waals surface area contributed by atoms with Crippen molar-refractivity contribution in [1.29, 1.82) is 0 Å². The number of hydrogen-bond donors (Lipinski definition) is 2. The molecule has 0 spiro atoms. The van der Waals surface area contributed by atoms with E-state index in [4.69, 9.17) is 9.72 Å². The molecule has 2 aromatic heterocycles. The molecule has 0 amide bonds. The van der Waals surface area contributed by atoms with E-state index >= 15 is 0 Å². The Bertz CT molecular complexity index is 1720. The third-order valence-electron chi connectivity index (χ3n) is 7.17.